The predicted molar refractivity (Wildman–Crippen MR) is 77.7 cm³/mol. The van der Waals surface area contributed by atoms with E-state index in [-0.39, 0.29) is 0 Å². The average molecular weight is 246 g/mol. The molecule has 100 valence electrons. The van der Waals surface area contributed by atoms with Crippen molar-refractivity contribution in [2.45, 2.75) is 38.6 Å². The van der Waals surface area contributed by atoms with E-state index < -0.39 is 0 Å². The molecule has 2 unspecified atom stereocenters. The molecule has 2 heteroatoms. The molecule has 2 N–H and O–H groups in total. The molecule has 0 aromatic heterocycles. The largest absolute Gasteiger partial charge is 0.330 e. The molecule has 0 spiro atoms. The second-order valence-corrected chi connectivity index (χ2v) is 5.94. The van der Waals surface area contributed by atoms with Crippen molar-refractivity contribution in [3.8, 4) is 0 Å². The number of rotatable bonds is 5. The minimum Gasteiger partial charge on any atom is -0.330 e. The van der Waals surface area contributed by atoms with Crippen LogP contribution < -0.4 is 5.73 Å². The first-order valence-corrected chi connectivity index (χ1v) is 7.10. The molecule has 0 bridgehead atoms. The number of nitrogens with zero attached hydrogens (tertiary/aromatic N) is 1. The predicted octanol–water partition coefficient (Wildman–Crippen LogP) is 2.76. The third kappa shape index (κ3) is 2.93. The molecule has 0 aliphatic heterocycles. The summed E-state index contributed by atoms with van der Waals surface area (Å²) in [5, 5.41) is 0. The van der Waals surface area contributed by atoms with Gasteiger partial charge in [0.2, 0.25) is 0 Å². The lowest BCUT2D eigenvalue weighted by Gasteiger charge is -2.27. The fourth-order valence-corrected chi connectivity index (χ4v) is 2.92. The van der Waals surface area contributed by atoms with Gasteiger partial charge in [-0.15, -0.1) is 0 Å². The summed E-state index contributed by atoms with van der Waals surface area (Å²) in [6.45, 7) is 3.01. The van der Waals surface area contributed by atoms with Crippen molar-refractivity contribution in [2.24, 2.45) is 11.7 Å². The van der Waals surface area contributed by atoms with Crippen molar-refractivity contribution < 1.29 is 0 Å². The molecule has 1 aromatic carbocycles. The Labute approximate surface area is 111 Å². The van der Waals surface area contributed by atoms with Crippen LogP contribution in [0.3, 0.4) is 0 Å². The van der Waals surface area contributed by atoms with Gasteiger partial charge in [0, 0.05) is 6.04 Å². The average Bonchev–Trinajstić information content (AvgIpc) is 2.82. The van der Waals surface area contributed by atoms with Gasteiger partial charge in [0.1, 0.15) is 0 Å². The van der Waals surface area contributed by atoms with Crippen LogP contribution in [0.25, 0.3) is 0 Å². The van der Waals surface area contributed by atoms with Crippen LogP contribution in [-0.2, 0) is 12.8 Å². The maximum Gasteiger partial charge on any atom is 0.0345 e. The molecule has 2 rings (SSSR count). The lowest BCUT2D eigenvalue weighted by Crippen LogP contribution is -2.24. The van der Waals surface area contributed by atoms with Crippen molar-refractivity contribution in [1.82, 2.24) is 4.90 Å². The van der Waals surface area contributed by atoms with E-state index >= 15 is 0 Å². The van der Waals surface area contributed by atoms with Gasteiger partial charge >= 0.3 is 0 Å². The Morgan fingerprint density at radius 3 is 2.61 bits per heavy atom. The molecule has 0 heterocycles. The van der Waals surface area contributed by atoms with Crippen molar-refractivity contribution >= 4 is 0 Å². The first-order valence-electron chi connectivity index (χ1n) is 7.10. The zero-order valence-electron chi connectivity index (χ0n) is 11.9. The fourth-order valence-electron chi connectivity index (χ4n) is 2.92. The molecule has 1 aliphatic rings. The Morgan fingerprint density at radius 2 is 1.94 bits per heavy atom. The first kappa shape index (κ1) is 13.6. The number of fused-ring (bicyclic) bond motifs is 1. The molecule has 0 radical (unpaired) electrons. The third-order valence-electron chi connectivity index (χ3n) is 4.16. The van der Waals surface area contributed by atoms with Crippen molar-refractivity contribution in [1.29, 1.82) is 0 Å². The van der Waals surface area contributed by atoms with Crippen molar-refractivity contribution in [3.63, 3.8) is 0 Å². The van der Waals surface area contributed by atoms with Crippen LogP contribution in [-0.4, -0.2) is 25.5 Å². The third-order valence-corrected chi connectivity index (χ3v) is 4.16. The zero-order valence-corrected chi connectivity index (χ0v) is 11.9. The number of benzene rings is 1. The van der Waals surface area contributed by atoms with Crippen LogP contribution in [0.15, 0.2) is 18.2 Å². The van der Waals surface area contributed by atoms with Gasteiger partial charge in [-0.1, -0.05) is 25.1 Å². The number of aryl methyl sites for hydroxylation is 2. The highest BCUT2D eigenvalue weighted by Gasteiger charge is 2.19. The minimum absolute atomic E-state index is 0.495. The summed E-state index contributed by atoms with van der Waals surface area (Å²) >= 11 is 0. The zero-order chi connectivity index (χ0) is 13.1. The van der Waals surface area contributed by atoms with Crippen LogP contribution in [0.4, 0.5) is 0 Å². The van der Waals surface area contributed by atoms with E-state index in [1.54, 1.807) is 11.1 Å². The van der Waals surface area contributed by atoms with Crippen LogP contribution in [0.1, 0.15) is 42.5 Å². The molecular formula is C16H26N2. The summed E-state index contributed by atoms with van der Waals surface area (Å²) in [4.78, 5) is 2.32. The SMILES string of the molecule is CC(CN)CC(c1ccc2c(c1)CCC2)N(C)C. The summed E-state index contributed by atoms with van der Waals surface area (Å²) in [6, 6.07) is 7.57. The molecule has 0 saturated heterocycles. The van der Waals surface area contributed by atoms with Gasteiger partial charge in [-0.3, -0.25) is 0 Å². The van der Waals surface area contributed by atoms with Gasteiger partial charge < -0.3 is 10.6 Å². The van der Waals surface area contributed by atoms with E-state index in [0.29, 0.717) is 12.0 Å². The summed E-state index contributed by atoms with van der Waals surface area (Å²) < 4.78 is 0. The number of hydrogen-bond acceptors (Lipinski definition) is 2. The summed E-state index contributed by atoms with van der Waals surface area (Å²) in [7, 11) is 4.34. The lowest BCUT2D eigenvalue weighted by atomic mass is 9.93. The first-order chi connectivity index (χ1) is 8.61. The lowest BCUT2D eigenvalue weighted by molar-refractivity contribution is 0.255. The Bertz CT molecular complexity index is 398. The number of hydrogen-bond donors (Lipinski definition) is 1. The highest BCUT2D eigenvalue weighted by Crippen LogP contribution is 2.30. The molecular weight excluding hydrogens is 220 g/mol. The Kier molecular flexibility index (Phi) is 4.41. The number of nitrogens with two attached hydrogens (primary N) is 1. The summed E-state index contributed by atoms with van der Waals surface area (Å²) in [6.07, 6.45) is 4.99. The normalized spacial score (nSPS) is 17.8. The van der Waals surface area contributed by atoms with Gasteiger partial charge in [-0.2, -0.15) is 0 Å². The molecule has 2 atom stereocenters. The van der Waals surface area contributed by atoms with E-state index in [9.17, 15) is 0 Å². The molecule has 0 saturated carbocycles. The van der Waals surface area contributed by atoms with Gasteiger partial charge in [-0.25, -0.2) is 0 Å². The molecule has 18 heavy (non-hydrogen) atoms. The Hall–Kier alpha value is -0.860. The second-order valence-electron chi connectivity index (χ2n) is 5.94. The monoisotopic (exact) mass is 246 g/mol. The molecule has 0 amide bonds. The van der Waals surface area contributed by atoms with E-state index in [2.05, 4.69) is 44.1 Å². The fraction of sp³-hybridized carbons (Fsp3) is 0.625. The van der Waals surface area contributed by atoms with Gasteiger partial charge in [-0.05, 0) is 68.9 Å². The summed E-state index contributed by atoms with van der Waals surface area (Å²) in [5.74, 6) is 0.575. The van der Waals surface area contributed by atoms with Crippen LogP contribution in [0, 0.1) is 5.92 Å². The Balaban J connectivity index is 2.20. The highest BCUT2D eigenvalue weighted by atomic mass is 15.1. The van der Waals surface area contributed by atoms with Crippen molar-refractivity contribution in [2.75, 3.05) is 20.6 Å². The van der Waals surface area contributed by atoms with Crippen LogP contribution >= 0.6 is 0 Å². The minimum atomic E-state index is 0.495. The molecule has 2 nitrogen and oxygen atoms in total. The maximum atomic E-state index is 5.77. The standard InChI is InChI=1S/C16H26N2/c1-12(11-17)9-16(18(2)3)15-8-7-13-5-4-6-14(13)10-15/h7-8,10,12,16H,4-6,9,11,17H2,1-3H3. The van der Waals surface area contributed by atoms with E-state index in [1.807, 2.05) is 0 Å². The molecule has 1 aromatic rings. The van der Waals surface area contributed by atoms with Gasteiger partial charge in [0.25, 0.3) is 0 Å². The summed E-state index contributed by atoms with van der Waals surface area (Å²) in [5.41, 5.74) is 10.4. The Morgan fingerprint density at radius 1 is 1.22 bits per heavy atom. The van der Waals surface area contributed by atoms with Gasteiger partial charge in [0.05, 0.1) is 0 Å². The topological polar surface area (TPSA) is 29.3 Å². The maximum absolute atomic E-state index is 5.77. The van der Waals surface area contributed by atoms with E-state index in [4.69, 9.17) is 5.73 Å². The van der Waals surface area contributed by atoms with E-state index in [0.717, 1.165) is 13.0 Å². The van der Waals surface area contributed by atoms with Crippen molar-refractivity contribution in [3.05, 3.63) is 34.9 Å². The van der Waals surface area contributed by atoms with E-state index in [1.165, 1.54) is 24.8 Å². The highest BCUT2D eigenvalue weighted by molar-refractivity contribution is 5.36. The molecule has 0 fully saturated rings. The smallest absolute Gasteiger partial charge is 0.0345 e. The van der Waals surface area contributed by atoms with Gasteiger partial charge in [0.15, 0.2) is 0 Å². The van der Waals surface area contributed by atoms with Crippen LogP contribution in [0.2, 0.25) is 0 Å². The molecule has 1 aliphatic carbocycles. The second kappa shape index (κ2) is 5.85. The quantitative estimate of drug-likeness (QED) is 0.865. The van der Waals surface area contributed by atoms with Crippen LogP contribution in [0.5, 0.6) is 0 Å².